The predicted molar refractivity (Wildman–Crippen MR) is 89.3 cm³/mol. The molecule has 118 valence electrons. The van der Waals surface area contributed by atoms with Crippen molar-refractivity contribution in [2.75, 3.05) is 19.7 Å². The van der Waals surface area contributed by atoms with Gasteiger partial charge in [0, 0.05) is 23.7 Å². The van der Waals surface area contributed by atoms with Gasteiger partial charge < -0.3 is 4.74 Å². The van der Waals surface area contributed by atoms with E-state index in [1.807, 2.05) is 19.1 Å². The SMILES string of the molecule is Cc1nc(CN2CCC(COc3ncccc3C)CC2)cs1. The summed E-state index contributed by atoms with van der Waals surface area (Å²) >= 11 is 1.74. The molecule has 4 nitrogen and oxygen atoms in total. The summed E-state index contributed by atoms with van der Waals surface area (Å²) in [6.45, 7) is 8.13. The van der Waals surface area contributed by atoms with Crippen molar-refractivity contribution in [3.05, 3.63) is 40.0 Å². The van der Waals surface area contributed by atoms with Crippen LogP contribution in [0.25, 0.3) is 0 Å². The van der Waals surface area contributed by atoms with Crippen molar-refractivity contribution in [1.82, 2.24) is 14.9 Å². The van der Waals surface area contributed by atoms with Crippen LogP contribution in [0.1, 0.15) is 29.1 Å². The monoisotopic (exact) mass is 317 g/mol. The van der Waals surface area contributed by atoms with Gasteiger partial charge in [-0.1, -0.05) is 6.07 Å². The van der Waals surface area contributed by atoms with Crippen LogP contribution < -0.4 is 4.74 Å². The van der Waals surface area contributed by atoms with Crippen molar-refractivity contribution in [2.45, 2.75) is 33.2 Å². The van der Waals surface area contributed by atoms with E-state index in [1.54, 1.807) is 17.5 Å². The van der Waals surface area contributed by atoms with E-state index in [0.717, 1.165) is 42.7 Å². The highest BCUT2D eigenvalue weighted by molar-refractivity contribution is 7.09. The van der Waals surface area contributed by atoms with Crippen molar-refractivity contribution >= 4 is 11.3 Å². The van der Waals surface area contributed by atoms with Crippen LogP contribution in [0.2, 0.25) is 0 Å². The van der Waals surface area contributed by atoms with Gasteiger partial charge in [-0.25, -0.2) is 9.97 Å². The molecule has 0 unspecified atom stereocenters. The molecule has 0 N–H and O–H groups in total. The van der Waals surface area contributed by atoms with E-state index >= 15 is 0 Å². The summed E-state index contributed by atoms with van der Waals surface area (Å²) in [6.07, 6.45) is 4.17. The Balaban J connectivity index is 1.43. The van der Waals surface area contributed by atoms with Crippen molar-refractivity contribution < 1.29 is 4.74 Å². The van der Waals surface area contributed by atoms with Gasteiger partial charge in [0.05, 0.1) is 17.3 Å². The number of aryl methyl sites for hydroxylation is 2. The van der Waals surface area contributed by atoms with E-state index in [-0.39, 0.29) is 0 Å². The molecule has 1 aliphatic rings. The summed E-state index contributed by atoms with van der Waals surface area (Å²) in [7, 11) is 0. The van der Waals surface area contributed by atoms with E-state index < -0.39 is 0 Å². The lowest BCUT2D eigenvalue weighted by Gasteiger charge is -2.31. The third-order valence-corrected chi connectivity index (χ3v) is 5.00. The van der Waals surface area contributed by atoms with Gasteiger partial charge in [0.1, 0.15) is 0 Å². The highest BCUT2D eigenvalue weighted by Gasteiger charge is 2.20. The molecular formula is C17H23N3OS. The summed E-state index contributed by atoms with van der Waals surface area (Å²) in [5.74, 6) is 1.41. The molecule has 0 spiro atoms. The third kappa shape index (κ3) is 4.05. The lowest BCUT2D eigenvalue weighted by molar-refractivity contribution is 0.133. The second-order valence-corrected chi connectivity index (χ2v) is 7.08. The molecule has 22 heavy (non-hydrogen) atoms. The first-order valence-electron chi connectivity index (χ1n) is 7.88. The van der Waals surface area contributed by atoms with Gasteiger partial charge >= 0.3 is 0 Å². The molecule has 2 aromatic heterocycles. The molecule has 0 atom stereocenters. The minimum Gasteiger partial charge on any atom is -0.477 e. The van der Waals surface area contributed by atoms with Gasteiger partial charge in [0.25, 0.3) is 0 Å². The molecule has 5 heteroatoms. The van der Waals surface area contributed by atoms with Crippen LogP contribution in [0.4, 0.5) is 0 Å². The third-order valence-electron chi connectivity index (χ3n) is 4.18. The Labute approximate surface area is 136 Å². The maximum Gasteiger partial charge on any atom is 0.216 e. The van der Waals surface area contributed by atoms with Gasteiger partial charge in [-0.15, -0.1) is 11.3 Å². The van der Waals surface area contributed by atoms with Crippen LogP contribution in [-0.4, -0.2) is 34.6 Å². The highest BCUT2D eigenvalue weighted by Crippen LogP contribution is 2.21. The van der Waals surface area contributed by atoms with Gasteiger partial charge in [0.15, 0.2) is 0 Å². The number of nitrogens with zero attached hydrogens (tertiary/aromatic N) is 3. The van der Waals surface area contributed by atoms with Crippen LogP contribution in [0.5, 0.6) is 5.88 Å². The summed E-state index contributed by atoms with van der Waals surface area (Å²) in [5, 5.41) is 3.33. The van der Waals surface area contributed by atoms with Crippen LogP contribution >= 0.6 is 11.3 Å². The fourth-order valence-electron chi connectivity index (χ4n) is 2.84. The summed E-state index contributed by atoms with van der Waals surface area (Å²) in [4.78, 5) is 11.3. The number of thiazole rings is 1. The van der Waals surface area contributed by atoms with E-state index in [2.05, 4.69) is 27.2 Å². The number of piperidine rings is 1. The first-order valence-corrected chi connectivity index (χ1v) is 8.76. The van der Waals surface area contributed by atoms with E-state index in [9.17, 15) is 0 Å². The topological polar surface area (TPSA) is 38.2 Å². The van der Waals surface area contributed by atoms with E-state index in [1.165, 1.54) is 18.5 Å². The minimum absolute atomic E-state index is 0.634. The first-order chi connectivity index (χ1) is 10.7. The van der Waals surface area contributed by atoms with Gasteiger partial charge in [-0.2, -0.15) is 0 Å². The number of hydrogen-bond donors (Lipinski definition) is 0. The predicted octanol–water partition coefficient (Wildman–Crippen LogP) is 3.45. The van der Waals surface area contributed by atoms with Crippen molar-refractivity contribution in [2.24, 2.45) is 5.92 Å². The average molecular weight is 317 g/mol. The molecule has 3 rings (SSSR count). The molecule has 3 heterocycles. The number of rotatable bonds is 5. The Morgan fingerprint density at radius 2 is 2.14 bits per heavy atom. The Hall–Kier alpha value is -1.46. The van der Waals surface area contributed by atoms with Crippen LogP contribution in [0.3, 0.4) is 0 Å². The molecule has 1 saturated heterocycles. The fourth-order valence-corrected chi connectivity index (χ4v) is 3.44. The summed E-state index contributed by atoms with van der Waals surface area (Å²) in [5.41, 5.74) is 2.32. The largest absolute Gasteiger partial charge is 0.477 e. The molecule has 0 aliphatic carbocycles. The Morgan fingerprint density at radius 1 is 1.32 bits per heavy atom. The Morgan fingerprint density at radius 3 is 2.82 bits per heavy atom. The smallest absolute Gasteiger partial charge is 0.216 e. The molecule has 0 aromatic carbocycles. The molecule has 1 aliphatic heterocycles. The molecule has 0 bridgehead atoms. The second kappa shape index (κ2) is 7.20. The maximum absolute atomic E-state index is 5.89. The number of aromatic nitrogens is 2. The number of pyridine rings is 1. The van der Waals surface area contributed by atoms with E-state index in [0.29, 0.717) is 5.92 Å². The zero-order valence-corrected chi connectivity index (χ0v) is 14.1. The standard InChI is InChI=1S/C17H23N3OS/c1-13-4-3-7-18-17(13)21-11-15-5-8-20(9-6-15)10-16-12-22-14(2)19-16/h3-4,7,12,15H,5-6,8-11H2,1-2H3. The summed E-state index contributed by atoms with van der Waals surface area (Å²) in [6, 6.07) is 3.99. The molecular weight excluding hydrogens is 294 g/mol. The van der Waals surface area contributed by atoms with Crippen LogP contribution in [0, 0.1) is 19.8 Å². The first kappa shape index (κ1) is 15.4. The summed E-state index contributed by atoms with van der Waals surface area (Å²) < 4.78 is 5.89. The van der Waals surface area contributed by atoms with Gasteiger partial charge in [-0.05, 0) is 51.8 Å². The van der Waals surface area contributed by atoms with Crippen molar-refractivity contribution in [1.29, 1.82) is 0 Å². The van der Waals surface area contributed by atoms with Crippen molar-refractivity contribution in [3.63, 3.8) is 0 Å². The number of likely N-dealkylation sites (tertiary alicyclic amines) is 1. The van der Waals surface area contributed by atoms with Gasteiger partial charge in [0.2, 0.25) is 5.88 Å². The number of hydrogen-bond acceptors (Lipinski definition) is 5. The Bertz CT molecular complexity index is 605. The lowest BCUT2D eigenvalue weighted by Crippen LogP contribution is -2.35. The molecule has 0 radical (unpaired) electrons. The quantitative estimate of drug-likeness (QED) is 0.846. The highest BCUT2D eigenvalue weighted by atomic mass is 32.1. The Kier molecular flexibility index (Phi) is 5.05. The fraction of sp³-hybridized carbons (Fsp3) is 0.529. The van der Waals surface area contributed by atoms with Crippen molar-refractivity contribution in [3.8, 4) is 5.88 Å². The zero-order valence-electron chi connectivity index (χ0n) is 13.3. The molecule has 0 amide bonds. The average Bonchev–Trinajstić information content (AvgIpc) is 2.93. The minimum atomic E-state index is 0.634. The molecule has 2 aromatic rings. The normalized spacial score (nSPS) is 16.8. The van der Waals surface area contributed by atoms with Crippen LogP contribution in [0.15, 0.2) is 23.7 Å². The molecule has 0 saturated carbocycles. The second-order valence-electron chi connectivity index (χ2n) is 6.01. The number of ether oxygens (including phenoxy) is 1. The van der Waals surface area contributed by atoms with Gasteiger partial charge in [-0.3, -0.25) is 4.90 Å². The lowest BCUT2D eigenvalue weighted by atomic mass is 9.98. The zero-order chi connectivity index (χ0) is 15.4. The van der Waals surface area contributed by atoms with Crippen LogP contribution in [-0.2, 0) is 6.54 Å². The molecule has 1 fully saturated rings. The van der Waals surface area contributed by atoms with E-state index in [4.69, 9.17) is 4.74 Å². The maximum atomic E-state index is 5.89.